The van der Waals surface area contributed by atoms with E-state index in [1.54, 1.807) is 12.1 Å². The number of hydrogen-bond donors (Lipinski definition) is 2. The Morgan fingerprint density at radius 1 is 1.33 bits per heavy atom. The Bertz CT molecular complexity index is 717. The van der Waals surface area contributed by atoms with Crippen LogP contribution < -0.4 is 5.32 Å². The number of aliphatic hydroxyl groups is 1. The zero-order chi connectivity index (χ0) is 17.7. The standard InChI is InChI=1S/C13H13ClN4O.CHF3O/c14-9-2-3-10-11(6-9)16-8-17-13(10)15-7-12(19)18-4-1-5-18;2-1(3,4)5/h2-3,6,8H,1,4-5,7H2,(H,15,16,17);5H. The molecular weight excluding hydrogens is 349 g/mol. The van der Waals surface area contributed by atoms with Crippen molar-refractivity contribution in [3.63, 3.8) is 0 Å². The Morgan fingerprint density at radius 2 is 2.00 bits per heavy atom. The number of aromatic nitrogens is 2. The van der Waals surface area contributed by atoms with Gasteiger partial charge in [-0.15, -0.1) is 13.2 Å². The van der Waals surface area contributed by atoms with Gasteiger partial charge in [-0.25, -0.2) is 9.97 Å². The SMILES string of the molecule is O=C(CNc1ncnc2cc(Cl)ccc12)N1CCC1.OC(F)(F)F. The average Bonchev–Trinajstić information content (AvgIpc) is 2.41. The molecule has 10 heteroatoms. The van der Waals surface area contributed by atoms with Crippen molar-refractivity contribution in [2.75, 3.05) is 25.0 Å². The van der Waals surface area contributed by atoms with Crippen LogP contribution in [-0.4, -0.2) is 51.9 Å². The Labute approximate surface area is 140 Å². The molecule has 0 radical (unpaired) electrons. The normalized spacial score (nSPS) is 13.8. The number of fused-ring (bicyclic) bond motifs is 1. The monoisotopic (exact) mass is 362 g/mol. The van der Waals surface area contributed by atoms with Crippen LogP contribution in [0.5, 0.6) is 0 Å². The predicted molar refractivity (Wildman–Crippen MR) is 82.5 cm³/mol. The molecule has 24 heavy (non-hydrogen) atoms. The van der Waals surface area contributed by atoms with Gasteiger partial charge in [0, 0.05) is 23.5 Å². The van der Waals surface area contributed by atoms with E-state index >= 15 is 0 Å². The minimum absolute atomic E-state index is 0.104. The van der Waals surface area contributed by atoms with Crippen molar-refractivity contribution in [1.82, 2.24) is 14.9 Å². The summed E-state index contributed by atoms with van der Waals surface area (Å²) in [6, 6.07) is 5.42. The van der Waals surface area contributed by atoms with Gasteiger partial charge in [0.05, 0.1) is 12.1 Å². The molecular formula is C14H14ClF3N4O2. The van der Waals surface area contributed by atoms with Crippen molar-refractivity contribution < 1.29 is 23.1 Å². The van der Waals surface area contributed by atoms with Gasteiger partial charge in [-0.05, 0) is 24.6 Å². The van der Waals surface area contributed by atoms with E-state index in [1.165, 1.54) is 6.33 Å². The number of carbonyl (C=O) groups is 1. The summed E-state index contributed by atoms with van der Waals surface area (Å²) >= 11 is 5.92. The smallest absolute Gasteiger partial charge is 0.360 e. The van der Waals surface area contributed by atoms with E-state index in [9.17, 15) is 18.0 Å². The molecule has 2 N–H and O–H groups in total. The second-order valence-electron chi connectivity index (χ2n) is 4.94. The largest absolute Gasteiger partial charge is 0.519 e. The second kappa shape index (κ2) is 7.63. The molecule has 2 heterocycles. The summed E-state index contributed by atoms with van der Waals surface area (Å²) in [4.78, 5) is 22.0. The number of carbonyl (C=O) groups excluding carboxylic acids is 1. The first kappa shape index (κ1) is 18.2. The van der Waals surface area contributed by atoms with Gasteiger partial charge >= 0.3 is 6.36 Å². The van der Waals surface area contributed by atoms with E-state index in [1.807, 2.05) is 11.0 Å². The number of rotatable bonds is 3. The molecule has 1 aromatic heterocycles. The molecule has 0 aliphatic carbocycles. The van der Waals surface area contributed by atoms with Crippen molar-refractivity contribution in [1.29, 1.82) is 0 Å². The number of nitrogens with one attached hydrogen (secondary N) is 1. The van der Waals surface area contributed by atoms with Crippen LogP contribution in [0.2, 0.25) is 5.02 Å². The Morgan fingerprint density at radius 3 is 2.58 bits per heavy atom. The summed E-state index contributed by atoms with van der Waals surface area (Å²) in [6.45, 7) is 1.98. The Hall–Kier alpha value is -2.13. The fraction of sp³-hybridized carbons (Fsp3) is 0.357. The third kappa shape index (κ3) is 5.50. The fourth-order valence-electron chi connectivity index (χ4n) is 2.01. The highest BCUT2D eigenvalue weighted by Crippen LogP contribution is 2.22. The van der Waals surface area contributed by atoms with Gasteiger partial charge in [-0.3, -0.25) is 4.79 Å². The third-order valence-corrected chi connectivity index (χ3v) is 3.45. The van der Waals surface area contributed by atoms with Crippen LogP contribution >= 0.6 is 11.6 Å². The van der Waals surface area contributed by atoms with Crippen LogP contribution in [0.15, 0.2) is 24.5 Å². The molecule has 0 atom stereocenters. The van der Waals surface area contributed by atoms with Gasteiger partial charge in [-0.2, -0.15) is 0 Å². The first-order valence-electron chi connectivity index (χ1n) is 6.95. The fourth-order valence-corrected chi connectivity index (χ4v) is 2.17. The van der Waals surface area contributed by atoms with Gasteiger partial charge in [0.15, 0.2) is 0 Å². The van der Waals surface area contributed by atoms with Crippen molar-refractivity contribution >= 4 is 34.2 Å². The van der Waals surface area contributed by atoms with Crippen LogP contribution in [0.25, 0.3) is 10.9 Å². The quantitative estimate of drug-likeness (QED) is 0.876. The van der Waals surface area contributed by atoms with Crippen LogP contribution in [0, 0.1) is 0 Å². The molecule has 1 aliphatic heterocycles. The van der Waals surface area contributed by atoms with E-state index in [0.717, 1.165) is 30.4 Å². The first-order chi connectivity index (χ1) is 11.2. The topological polar surface area (TPSA) is 78.4 Å². The molecule has 1 aliphatic rings. The van der Waals surface area contributed by atoms with Crippen LogP contribution in [0.4, 0.5) is 19.0 Å². The van der Waals surface area contributed by atoms with Crippen molar-refractivity contribution in [2.24, 2.45) is 0 Å². The average molecular weight is 363 g/mol. The maximum atomic E-state index is 11.8. The first-order valence-corrected chi connectivity index (χ1v) is 7.33. The third-order valence-electron chi connectivity index (χ3n) is 3.21. The van der Waals surface area contributed by atoms with Gasteiger partial charge in [0.25, 0.3) is 0 Å². The van der Waals surface area contributed by atoms with Gasteiger partial charge in [-0.1, -0.05) is 11.6 Å². The summed E-state index contributed by atoms with van der Waals surface area (Å²) in [5, 5.41) is 11.1. The Kier molecular flexibility index (Phi) is 5.79. The molecule has 6 nitrogen and oxygen atoms in total. The molecule has 1 saturated heterocycles. The lowest BCUT2D eigenvalue weighted by molar-refractivity contribution is -0.295. The summed E-state index contributed by atoms with van der Waals surface area (Å²) in [6.07, 6.45) is -2.43. The van der Waals surface area contributed by atoms with Crippen molar-refractivity contribution in [2.45, 2.75) is 12.8 Å². The number of amides is 1. The predicted octanol–water partition coefficient (Wildman–Crippen LogP) is 2.43. The number of benzene rings is 1. The lowest BCUT2D eigenvalue weighted by Gasteiger charge is -2.30. The summed E-state index contributed by atoms with van der Waals surface area (Å²) in [7, 11) is 0. The minimum Gasteiger partial charge on any atom is -0.360 e. The number of nitrogens with zero attached hydrogens (tertiary/aromatic N) is 3. The number of likely N-dealkylation sites (tertiary alicyclic amines) is 1. The van der Waals surface area contributed by atoms with Crippen molar-refractivity contribution in [3.8, 4) is 0 Å². The van der Waals surface area contributed by atoms with Crippen LogP contribution in [-0.2, 0) is 4.79 Å². The number of hydrogen-bond acceptors (Lipinski definition) is 5. The highest BCUT2D eigenvalue weighted by molar-refractivity contribution is 6.31. The number of alkyl halides is 3. The zero-order valence-corrected chi connectivity index (χ0v) is 13.1. The summed E-state index contributed by atoms with van der Waals surface area (Å²) < 4.78 is 29.7. The molecule has 1 aromatic carbocycles. The molecule has 1 fully saturated rings. The highest BCUT2D eigenvalue weighted by Gasteiger charge is 2.20. The number of anilines is 1. The maximum absolute atomic E-state index is 11.8. The molecule has 0 spiro atoms. The van der Waals surface area contributed by atoms with Crippen molar-refractivity contribution in [3.05, 3.63) is 29.5 Å². The molecule has 0 bridgehead atoms. The van der Waals surface area contributed by atoms with E-state index in [2.05, 4.69) is 15.3 Å². The molecule has 0 unspecified atom stereocenters. The van der Waals surface area contributed by atoms with Gasteiger partial charge in [0.2, 0.25) is 5.91 Å². The second-order valence-corrected chi connectivity index (χ2v) is 5.38. The van der Waals surface area contributed by atoms with Crippen LogP contribution in [0.1, 0.15) is 6.42 Å². The molecule has 2 aromatic rings. The summed E-state index contributed by atoms with van der Waals surface area (Å²) in [5.74, 6) is 0.766. The van der Waals surface area contributed by atoms with E-state index in [4.69, 9.17) is 16.7 Å². The molecule has 130 valence electrons. The lowest BCUT2D eigenvalue weighted by Crippen LogP contribution is -2.44. The van der Waals surface area contributed by atoms with E-state index < -0.39 is 6.36 Å². The van der Waals surface area contributed by atoms with Gasteiger partial charge < -0.3 is 15.3 Å². The minimum atomic E-state index is -5.00. The van der Waals surface area contributed by atoms with E-state index in [-0.39, 0.29) is 12.5 Å². The maximum Gasteiger partial charge on any atom is 0.519 e. The van der Waals surface area contributed by atoms with E-state index in [0.29, 0.717) is 10.8 Å². The summed E-state index contributed by atoms with van der Waals surface area (Å²) in [5.41, 5.74) is 0.765. The molecule has 3 rings (SSSR count). The Balaban J connectivity index is 0.000000368. The highest BCUT2D eigenvalue weighted by atomic mass is 35.5. The molecule has 0 saturated carbocycles. The lowest BCUT2D eigenvalue weighted by atomic mass is 10.2. The number of halogens is 4. The van der Waals surface area contributed by atoms with Crippen LogP contribution in [0.3, 0.4) is 0 Å². The molecule has 1 amide bonds. The zero-order valence-electron chi connectivity index (χ0n) is 12.3. The van der Waals surface area contributed by atoms with Gasteiger partial charge in [0.1, 0.15) is 12.1 Å².